The Balaban J connectivity index is 1.75. The van der Waals surface area contributed by atoms with Gasteiger partial charge in [-0.25, -0.2) is 9.78 Å². The average Bonchev–Trinajstić information content (AvgIpc) is 3.27. The Morgan fingerprint density at radius 1 is 1.00 bits per heavy atom. The number of anilines is 1. The summed E-state index contributed by atoms with van der Waals surface area (Å²) in [4.78, 5) is 27.9. The second-order valence-electron chi connectivity index (χ2n) is 7.56. The monoisotopic (exact) mass is 483 g/mol. The summed E-state index contributed by atoms with van der Waals surface area (Å²) < 4.78 is 44.9. The second-order valence-corrected chi connectivity index (χ2v) is 7.56. The van der Waals surface area contributed by atoms with Gasteiger partial charge in [-0.3, -0.25) is 10.1 Å². The summed E-state index contributed by atoms with van der Waals surface area (Å²) >= 11 is 0. The Kier molecular flexibility index (Phi) is 6.67. The van der Waals surface area contributed by atoms with Crippen LogP contribution in [0.4, 0.5) is 23.8 Å². The molecule has 0 unspecified atom stereocenters. The van der Waals surface area contributed by atoms with Crippen molar-refractivity contribution in [2.24, 2.45) is 0 Å². The number of alkyl halides is 3. The SMILES string of the molecule is CNC(=O)Nc1cccc(C[C@H](NC(=O)C(F)(F)F)c2ccccc2-c2noc3ccccc23)n1. The molecule has 4 rings (SSSR count). The highest BCUT2D eigenvalue weighted by atomic mass is 19.4. The van der Waals surface area contributed by atoms with E-state index in [1.54, 1.807) is 60.7 Å². The summed E-state index contributed by atoms with van der Waals surface area (Å²) in [5.74, 6) is -1.87. The van der Waals surface area contributed by atoms with Crippen molar-refractivity contribution in [3.63, 3.8) is 0 Å². The lowest BCUT2D eigenvalue weighted by Crippen LogP contribution is -2.40. The molecule has 0 aliphatic heterocycles. The minimum absolute atomic E-state index is 0.0854. The smallest absolute Gasteiger partial charge is 0.356 e. The zero-order valence-electron chi connectivity index (χ0n) is 18.4. The maximum Gasteiger partial charge on any atom is 0.471 e. The van der Waals surface area contributed by atoms with Gasteiger partial charge < -0.3 is 15.2 Å². The number of carbonyl (C=O) groups excluding carboxylic acids is 2. The fraction of sp³-hybridized carbons (Fsp3) is 0.167. The van der Waals surface area contributed by atoms with E-state index in [0.717, 1.165) is 0 Å². The number of fused-ring (bicyclic) bond motifs is 1. The highest BCUT2D eigenvalue weighted by Crippen LogP contribution is 2.34. The van der Waals surface area contributed by atoms with E-state index >= 15 is 0 Å². The van der Waals surface area contributed by atoms with Gasteiger partial charge >= 0.3 is 18.1 Å². The topological polar surface area (TPSA) is 109 Å². The number of pyridine rings is 1. The quantitative estimate of drug-likeness (QED) is 0.371. The molecule has 8 nitrogen and oxygen atoms in total. The van der Waals surface area contributed by atoms with Crippen molar-refractivity contribution < 1.29 is 27.3 Å². The Hall–Kier alpha value is -4.41. The van der Waals surface area contributed by atoms with Crippen molar-refractivity contribution in [1.82, 2.24) is 20.8 Å². The molecule has 11 heteroatoms. The Morgan fingerprint density at radius 2 is 1.74 bits per heavy atom. The van der Waals surface area contributed by atoms with Crippen LogP contribution in [-0.2, 0) is 11.2 Å². The molecule has 0 aliphatic carbocycles. The highest BCUT2D eigenvalue weighted by molar-refractivity contribution is 5.92. The van der Waals surface area contributed by atoms with E-state index in [-0.39, 0.29) is 12.2 Å². The number of aromatic nitrogens is 2. The molecule has 35 heavy (non-hydrogen) atoms. The molecule has 0 spiro atoms. The van der Waals surface area contributed by atoms with Gasteiger partial charge in [0.05, 0.1) is 6.04 Å². The molecule has 0 saturated carbocycles. The molecule has 2 aromatic carbocycles. The molecular weight excluding hydrogens is 463 g/mol. The van der Waals surface area contributed by atoms with Crippen LogP contribution in [0, 0.1) is 0 Å². The summed E-state index contributed by atoms with van der Waals surface area (Å²) in [6.45, 7) is 0. The van der Waals surface area contributed by atoms with Crippen molar-refractivity contribution in [1.29, 1.82) is 0 Å². The highest BCUT2D eigenvalue weighted by Gasteiger charge is 2.40. The largest absolute Gasteiger partial charge is 0.471 e. The maximum atomic E-state index is 13.2. The summed E-state index contributed by atoms with van der Waals surface area (Å²) in [5.41, 5.74) is 2.21. The van der Waals surface area contributed by atoms with Crippen molar-refractivity contribution >= 4 is 28.7 Å². The third-order valence-electron chi connectivity index (χ3n) is 5.22. The molecule has 3 amide bonds. The van der Waals surface area contributed by atoms with Gasteiger partial charge in [0, 0.05) is 30.1 Å². The van der Waals surface area contributed by atoms with Crippen LogP contribution in [0.5, 0.6) is 0 Å². The molecule has 2 heterocycles. The molecule has 0 fully saturated rings. The van der Waals surface area contributed by atoms with E-state index in [9.17, 15) is 22.8 Å². The van der Waals surface area contributed by atoms with Crippen LogP contribution in [0.2, 0.25) is 0 Å². The number of hydrogen-bond donors (Lipinski definition) is 3. The van der Waals surface area contributed by atoms with Crippen LogP contribution in [0.15, 0.2) is 71.3 Å². The third kappa shape index (κ3) is 5.40. The van der Waals surface area contributed by atoms with Crippen LogP contribution in [0.3, 0.4) is 0 Å². The summed E-state index contributed by atoms with van der Waals surface area (Å²) in [6, 6.07) is 16.9. The summed E-state index contributed by atoms with van der Waals surface area (Å²) in [6.07, 6.45) is -5.16. The number of halogens is 3. The van der Waals surface area contributed by atoms with Crippen LogP contribution >= 0.6 is 0 Å². The lowest BCUT2D eigenvalue weighted by atomic mass is 9.93. The fourth-order valence-corrected chi connectivity index (χ4v) is 3.63. The molecule has 2 aromatic heterocycles. The fourth-order valence-electron chi connectivity index (χ4n) is 3.63. The van der Waals surface area contributed by atoms with Crippen LogP contribution in [0.25, 0.3) is 22.2 Å². The minimum Gasteiger partial charge on any atom is -0.356 e. The van der Waals surface area contributed by atoms with Crippen LogP contribution < -0.4 is 16.0 Å². The van der Waals surface area contributed by atoms with Gasteiger partial charge in [-0.15, -0.1) is 0 Å². The van der Waals surface area contributed by atoms with Gasteiger partial charge in [0.1, 0.15) is 11.5 Å². The molecule has 1 atom stereocenters. The van der Waals surface area contributed by atoms with Gasteiger partial charge in [0.25, 0.3) is 0 Å². The predicted octanol–water partition coefficient (Wildman–Crippen LogP) is 4.60. The minimum atomic E-state index is -5.08. The number of nitrogens with one attached hydrogen (secondary N) is 3. The first kappa shape index (κ1) is 23.7. The van der Waals surface area contributed by atoms with Gasteiger partial charge in [-0.05, 0) is 29.8 Å². The summed E-state index contributed by atoms with van der Waals surface area (Å²) in [5, 5.41) is 11.8. The maximum absolute atomic E-state index is 13.2. The number of nitrogens with zero attached hydrogens (tertiary/aromatic N) is 2. The normalized spacial score (nSPS) is 12.2. The average molecular weight is 483 g/mol. The number of carbonyl (C=O) groups is 2. The zero-order chi connectivity index (χ0) is 25.0. The Morgan fingerprint density at radius 3 is 2.51 bits per heavy atom. The molecule has 0 bridgehead atoms. The standard InChI is InChI=1S/C24H20F3N5O3/c1-28-23(34)31-20-12-6-7-14(29-20)13-18(30-22(33)24(25,26)27)15-8-2-3-9-16(15)21-17-10-4-5-11-19(17)35-32-21/h2-12,18H,13H2,1H3,(H,30,33)(H2,28,29,31,34)/t18-/m0/s1. The number of benzene rings is 2. The van der Waals surface area contributed by atoms with Gasteiger partial charge in [0.15, 0.2) is 5.58 Å². The predicted molar refractivity (Wildman–Crippen MR) is 122 cm³/mol. The molecule has 180 valence electrons. The third-order valence-corrected chi connectivity index (χ3v) is 5.22. The van der Waals surface area contributed by atoms with Crippen molar-refractivity contribution in [2.45, 2.75) is 18.6 Å². The summed E-state index contributed by atoms with van der Waals surface area (Å²) in [7, 11) is 1.44. The first-order valence-corrected chi connectivity index (χ1v) is 10.5. The molecule has 0 saturated heterocycles. The van der Waals surface area contributed by atoms with E-state index < -0.39 is 24.2 Å². The van der Waals surface area contributed by atoms with Crippen molar-refractivity contribution in [3.8, 4) is 11.3 Å². The van der Waals surface area contributed by atoms with E-state index in [4.69, 9.17) is 4.52 Å². The van der Waals surface area contributed by atoms with Gasteiger partial charge in [-0.2, -0.15) is 13.2 Å². The number of para-hydroxylation sites is 1. The first-order chi connectivity index (χ1) is 16.8. The van der Waals surface area contributed by atoms with Crippen LogP contribution in [0.1, 0.15) is 17.3 Å². The van der Waals surface area contributed by atoms with E-state index in [1.807, 2.05) is 0 Å². The van der Waals surface area contributed by atoms with Crippen LogP contribution in [-0.4, -0.2) is 35.3 Å². The molecule has 0 aliphatic rings. The Bertz CT molecular complexity index is 1370. The van der Waals surface area contributed by atoms with E-state index in [1.165, 1.54) is 13.1 Å². The molecule has 0 radical (unpaired) electrons. The lowest BCUT2D eigenvalue weighted by molar-refractivity contribution is -0.174. The molecule has 3 N–H and O–H groups in total. The number of hydrogen-bond acceptors (Lipinski definition) is 5. The van der Waals surface area contributed by atoms with E-state index in [0.29, 0.717) is 33.5 Å². The first-order valence-electron chi connectivity index (χ1n) is 10.5. The molecule has 4 aromatic rings. The Labute approximate surface area is 197 Å². The van der Waals surface area contributed by atoms with Crippen molar-refractivity contribution in [2.75, 3.05) is 12.4 Å². The number of rotatable bonds is 6. The lowest BCUT2D eigenvalue weighted by Gasteiger charge is -2.22. The van der Waals surface area contributed by atoms with Crippen molar-refractivity contribution in [3.05, 3.63) is 78.0 Å². The second kappa shape index (κ2) is 9.84. The number of amides is 3. The molecular formula is C24H20F3N5O3. The van der Waals surface area contributed by atoms with Gasteiger partial charge in [0.2, 0.25) is 0 Å². The zero-order valence-corrected chi connectivity index (χ0v) is 18.4. The number of urea groups is 1. The van der Waals surface area contributed by atoms with Gasteiger partial charge in [-0.1, -0.05) is 47.6 Å². The van der Waals surface area contributed by atoms with E-state index in [2.05, 4.69) is 26.1 Å².